The van der Waals surface area contributed by atoms with E-state index in [1.165, 1.54) is 12.1 Å². The van der Waals surface area contributed by atoms with E-state index in [9.17, 15) is 9.18 Å². The van der Waals surface area contributed by atoms with Crippen LogP contribution in [0.2, 0.25) is 5.02 Å². The maximum atomic E-state index is 13.0. The van der Waals surface area contributed by atoms with Crippen LogP contribution >= 0.6 is 11.6 Å². The van der Waals surface area contributed by atoms with Crippen LogP contribution in [0.3, 0.4) is 0 Å². The van der Waals surface area contributed by atoms with Gasteiger partial charge in [0.05, 0.1) is 10.6 Å². The summed E-state index contributed by atoms with van der Waals surface area (Å²) in [5.41, 5.74) is 0.707. The Morgan fingerprint density at radius 1 is 1.33 bits per heavy atom. The van der Waals surface area contributed by atoms with Gasteiger partial charge in [-0.2, -0.15) is 5.26 Å². The first-order chi connectivity index (χ1) is 10.1. The fraction of sp³-hybridized carbons (Fsp3) is 0.0667. The Hall–Kier alpha value is -2.58. The predicted molar refractivity (Wildman–Crippen MR) is 76.7 cm³/mol. The van der Waals surface area contributed by atoms with Crippen molar-refractivity contribution < 1.29 is 13.9 Å². The normalized spacial score (nSPS) is 9.76. The number of benzene rings is 2. The number of nitrogens with zero attached hydrogens (tertiary/aromatic N) is 1. The molecule has 0 unspecified atom stereocenters. The molecular formula is C15H10ClFN2O2. The van der Waals surface area contributed by atoms with Gasteiger partial charge >= 0.3 is 0 Å². The fourth-order valence-electron chi connectivity index (χ4n) is 1.60. The molecule has 21 heavy (non-hydrogen) atoms. The molecule has 2 aromatic rings. The number of nitrogens with one attached hydrogen (secondary N) is 1. The lowest BCUT2D eigenvalue weighted by atomic mass is 10.2. The molecule has 106 valence electrons. The topological polar surface area (TPSA) is 62.1 Å². The standard InChI is InChI=1S/C15H10ClFN2O2/c16-12-7-11(5-6-13(12)17)19-15(20)9-21-14-4-2-1-3-10(14)8-18/h1-7H,9H2,(H,19,20). The Morgan fingerprint density at radius 2 is 2.10 bits per heavy atom. The van der Waals surface area contributed by atoms with Gasteiger partial charge in [0.1, 0.15) is 17.6 Å². The molecule has 0 aromatic heterocycles. The maximum Gasteiger partial charge on any atom is 0.262 e. The van der Waals surface area contributed by atoms with Crippen molar-refractivity contribution in [2.45, 2.75) is 0 Å². The summed E-state index contributed by atoms with van der Waals surface area (Å²) < 4.78 is 18.3. The number of carbonyl (C=O) groups excluding carboxylic acids is 1. The molecule has 0 radical (unpaired) electrons. The number of amides is 1. The first-order valence-corrected chi connectivity index (χ1v) is 6.35. The fourth-order valence-corrected chi connectivity index (χ4v) is 1.78. The smallest absolute Gasteiger partial charge is 0.262 e. The first kappa shape index (κ1) is 14.8. The second kappa shape index (κ2) is 6.73. The van der Waals surface area contributed by atoms with Crippen LogP contribution in [-0.4, -0.2) is 12.5 Å². The number of ether oxygens (including phenoxy) is 1. The Bertz CT molecular complexity index is 713. The van der Waals surface area contributed by atoms with Crippen molar-refractivity contribution in [3.05, 3.63) is 58.9 Å². The summed E-state index contributed by atoms with van der Waals surface area (Å²) in [7, 11) is 0. The van der Waals surface area contributed by atoms with Crippen LogP contribution in [0.5, 0.6) is 5.75 Å². The van der Waals surface area contributed by atoms with E-state index in [2.05, 4.69) is 5.32 Å². The molecule has 2 aromatic carbocycles. The van der Waals surface area contributed by atoms with Crippen LogP contribution in [-0.2, 0) is 4.79 Å². The minimum Gasteiger partial charge on any atom is -0.482 e. The van der Waals surface area contributed by atoms with Crippen molar-refractivity contribution >= 4 is 23.2 Å². The van der Waals surface area contributed by atoms with E-state index in [0.717, 1.165) is 6.07 Å². The van der Waals surface area contributed by atoms with E-state index in [-0.39, 0.29) is 11.6 Å². The molecule has 0 heterocycles. The third-order valence-electron chi connectivity index (χ3n) is 2.57. The van der Waals surface area contributed by atoms with E-state index in [0.29, 0.717) is 17.0 Å². The maximum absolute atomic E-state index is 13.0. The molecule has 0 aliphatic heterocycles. The SMILES string of the molecule is N#Cc1ccccc1OCC(=O)Nc1ccc(F)c(Cl)c1. The molecule has 1 amide bonds. The van der Waals surface area contributed by atoms with Crippen molar-refractivity contribution in [3.63, 3.8) is 0 Å². The van der Waals surface area contributed by atoms with Crippen molar-refractivity contribution in [2.75, 3.05) is 11.9 Å². The molecule has 0 fully saturated rings. The van der Waals surface area contributed by atoms with Crippen LogP contribution in [0.25, 0.3) is 0 Å². The van der Waals surface area contributed by atoms with Gasteiger partial charge in [-0.05, 0) is 30.3 Å². The zero-order chi connectivity index (χ0) is 15.2. The third kappa shape index (κ3) is 3.94. The van der Waals surface area contributed by atoms with E-state index in [4.69, 9.17) is 21.6 Å². The molecule has 0 saturated heterocycles. The van der Waals surface area contributed by atoms with Gasteiger partial charge < -0.3 is 10.1 Å². The van der Waals surface area contributed by atoms with Crippen LogP contribution in [0, 0.1) is 17.1 Å². The average Bonchev–Trinajstić information content (AvgIpc) is 2.49. The molecular weight excluding hydrogens is 295 g/mol. The lowest BCUT2D eigenvalue weighted by molar-refractivity contribution is -0.118. The quantitative estimate of drug-likeness (QED) is 0.942. The highest BCUT2D eigenvalue weighted by Gasteiger charge is 2.08. The first-order valence-electron chi connectivity index (χ1n) is 5.97. The van der Waals surface area contributed by atoms with Gasteiger partial charge in [0, 0.05) is 5.69 Å². The molecule has 0 bridgehead atoms. The van der Waals surface area contributed by atoms with E-state index in [1.54, 1.807) is 24.3 Å². The Balaban J connectivity index is 1.96. The number of para-hydroxylation sites is 1. The predicted octanol–water partition coefficient (Wildman–Crippen LogP) is 3.37. The van der Waals surface area contributed by atoms with Gasteiger partial charge in [0.2, 0.25) is 0 Å². The molecule has 0 aliphatic carbocycles. The number of carbonyl (C=O) groups is 1. The summed E-state index contributed by atoms with van der Waals surface area (Å²) in [6.07, 6.45) is 0. The van der Waals surface area contributed by atoms with Crippen LogP contribution in [0.1, 0.15) is 5.56 Å². The highest BCUT2D eigenvalue weighted by Crippen LogP contribution is 2.20. The number of hydrogen-bond acceptors (Lipinski definition) is 3. The van der Waals surface area contributed by atoms with Gasteiger partial charge in [0.25, 0.3) is 5.91 Å². The lowest BCUT2D eigenvalue weighted by Crippen LogP contribution is -2.20. The van der Waals surface area contributed by atoms with Gasteiger partial charge in [-0.3, -0.25) is 4.79 Å². The lowest BCUT2D eigenvalue weighted by Gasteiger charge is -2.08. The summed E-state index contributed by atoms with van der Waals surface area (Å²) in [6, 6.07) is 12.4. The van der Waals surface area contributed by atoms with Crippen LogP contribution in [0.4, 0.5) is 10.1 Å². The zero-order valence-electron chi connectivity index (χ0n) is 10.8. The van der Waals surface area contributed by atoms with Gasteiger partial charge in [0.15, 0.2) is 6.61 Å². The van der Waals surface area contributed by atoms with Crippen molar-refractivity contribution in [2.24, 2.45) is 0 Å². The summed E-state index contributed by atoms with van der Waals surface area (Å²) in [5.74, 6) is -0.674. The third-order valence-corrected chi connectivity index (χ3v) is 2.86. The van der Waals surface area contributed by atoms with Crippen LogP contribution in [0.15, 0.2) is 42.5 Å². The van der Waals surface area contributed by atoms with Crippen molar-refractivity contribution in [1.29, 1.82) is 5.26 Å². The van der Waals surface area contributed by atoms with E-state index < -0.39 is 11.7 Å². The summed E-state index contributed by atoms with van der Waals surface area (Å²) in [4.78, 5) is 11.7. The number of halogens is 2. The Labute approximate surface area is 125 Å². The molecule has 1 N–H and O–H groups in total. The Kier molecular flexibility index (Phi) is 4.75. The molecule has 0 atom stereocenters. The number of nitriles is 1. The van der Waals surface area contributed by atoms with E-state index >= 15 is 0 Å². The van der Waals surface area contributed by atoms with Gasteiger partial charge in [-0.25, -0.2) is 4.39 Å². The molecule has 6 heteroatoms. The Morgan fingerprint density at radius 3 is 2.81 bits per heavy atom. The van der Waals surface area contributed by atoms with Crippen molar-refractivity contribution in [3.8, 4) is 11.8 Å². The summed E-state index contributed by atoms with van der Waals surface area (Å²) in [5, 5.41) is 11.3. The summed E-state index contributed by atoms with van der Waals surface area (Å²) >= 11 is 5.62. The second-order valence-corrected chi connectivity index (χ2v) is 4.48. The van der Waals surface area contributed by atoms with Gasteiger partial charge in [-0.15, -0.1) is 0 Å². The van der Waals surface area contributed by atoms with E-state index in [1.807, 2.05) is 6.07 Å². The van der Waals surface area contributed by atoms with Crippen LogP contribution < -0.4 is 10.1 Å². The van der Waals surface area contributed by atoms with Gasteiger partial charge in [-0.1, -0.05) is 23.7 Å². The number of hydrogen-bond donors (Lipinski definition) is 1. The second-order valence-electron chi connectivity index (χ2n) is 4.07. The molecule has 4 nitrogen and oxygen atoms in total. The largest absolute Gasteiger partial charge is 0.482 e. The molecule has 0 aliphatic rings. The molecule has 0 spiro atoms. The average molecular weight is 305 g/mol. The highest BCUT2D eigenvalue weighted by atomic mass is 35.5. The highest BCUT2D eigenvalue weighted by molar-refractivity contribution is 6.31. The summed E-state index contributed by atoms with van der Waals surface area (Å²) in [6.45, 7) is -0.270. The monoisotopic (exact) mass is 304 g/mol. The number of anilines is 1. The number of rotatable bonds is 4. The molecule has 2 rings (SSSR count). The molecule has 0 saturated carbocycles. The minimum absolute atomic E-state index is 0.0801. The zero-order valence-corrected chi connectivity index (χ0v) is 11.5. The minimum atomic E-state index is -0.561. The van der Waals surface area contributed by atoms with Crippen molar-refractivity contribution in [1.82, 2.24) is 0 Å².